The largest absolute Gasteiger partial charge is 0.347 e. The summed E-state index contributed by atoms with van der Waals surface area (Å²) in [6, 6.07) is 2.47. The molecule has 26 heavy (non-hydrogen) atoms. The quantitative estimate of drug-likeness (QED) is 0.788. The molecule has 4 rings (SSSR count). The van der Waals surface area contributed by atoms with Gasteiger partial charge in [-0.05, 0) is 18.6 Å². The second kappa shape index (κ2) is 6.31. The number of carbonyl (C=O) groups excluding carboxylic acids is 2. The third-order valence-corrected chi connectivity index (χ3v) is 4.83. The lowest BCUT2D eigenvalue weighted by atomic mass is 10.0. The predicted octanol–water partition coefficient (Wildman–Crippen LogP) is 0.839. The van der Waals surface area contributed by atoms with Gasteiger partial charge >= 0.3 is 5.69 Å². The van der Waals surface area contributed by atoms with E-state index in [1.807, 2.05) is 0 Å². The van der Waals surface area contributed by atoms with E-state index in [2.05, 4.69) is 10.1 Å². The number of nitrogens with zero attached hydrogens (tertiary/aromatic N) is 5. The minimum atomic E-state index is -1.03. The Bertz CT molecular complexity index is 932. The highest BCUT2D eigenvalue weighted by Crippen LogP contribution is 2.26. The molecule has 1 atom stereocenters. The van der Waals surface area contributed by atoms with Crippen molar-refractivity contribution in [2.75, 3.05) is 13.1 Å². The summed E-state index contributed by atoms with van der Waals surface area (Å²) in [5.41, 5.74) is -0.00856. The second-order valence-corrected chi connectivity index (χ2v) is 6.86. The zero-order valence-electron chi connectivity index (χ0n) is 13.6. The van der Waals surface area contributed by atoms with E-state index >= 15 is 0 Å². The Kier molecular flexibility index (Phi) is 4.10. The molecule has 2 aliphatic heterocycles. The van der Waals surface area contributed by atoms with Crippen LogP contribution < -0.4 is 5.69 Å². The third-order valence-electron chi connectivity index (χ3n) is 4.61. The molecular formula is C16H15ClFN5O3. The van der Waals surface area contributed by atoms with Gasteiger partial charge in [0.25, 0.3) is 0 Å². The van der Waals surface area contributed by atoms with Crippen LogP contribution in [-0.4, -0.2) is 55.2 Å². The van der Waals surface area contributed by atoms with E-state index < -0.39 is 17.9 Å². The van der Waals surface area contributed by atoms with Crippen molar-refractivity contribution in [2.45, 2.75) is 31.6 Å². The molecule has 0 unspecified atom stereocenters. The maximum Gasteiger partial charge on any atom is 0.347 e. The molecule has 4 heterocycles. The number of pyridine rings is 1. The number of hydrogen-bond donors (Lipinski definition) is 0. The van der Waals surface area contributed by atoms with E-state index in [9.17, 15) is 18.8 Å². The molecule has 136 valence electrons. The molecule has 0 aromatic carbocycles. The molecule has 10 heteroatoms. The maximum atomic E-state index is 13.1. The standard InChI is InChI=1S/C16H15ClFN5O3/c17-9-1-2-11(19-5-9)8-22-16(26)23-12(3-4-13(24)14(23)20-22)15(25)21-6-10(18)7-21/h1-2,5,10,12H,3-4,6-8H2/t12-/m0/s1. The Balaban J connectivity index is 1.67. The first kappa shape index (κ1) is 16.9. The fraction of sp³-hybridized carbons (Fsp3) is 0.438. The molecule has 0 saturated carbocycles. The number of alkyl halides is 1. The zero-order valence-corrected chi connectivity index (χ0v) is 14.4. The topological polar surface area (TPSA) is 90.1 Å². The summed E-state index contributed by atoms with van der Waals surface area (Å²) in [5, 5.41) is 4.56. The summed E-state index contributed by atoms with van der Waals surface area (Å²) in [6.07, 6.45) is 0.758. The van der Waals surface area contributed by atoms with Gasteiger partial charge in [-0.2, -0.15) is 0 Å². The number of amides is 1. The molecule has 1 saturated heterocycles. The molecule has 0 bridgehead atoms. The van der Waals surface area contributed by atoms with Crippen LogP contribution in [0.5, 0.6) is 0 Å². The van der Waals surface area contributed by atoms with Gasteiger partial charge in [0.05, 0.1) is 30.4 Å². The molecule has 0 N–H and O–H groups in total. The monoisotopic (exact) mass is 379 g/mol. The van der Waals surface area contributed by atoms with Crippen molar-refractivity contribution < 1.29 is 14.0 Å². The van der Waals surface area contributed by atoms with Crippen LogP contribution in [0, 0.1) is 0 Å². The van der Waals surface area contributed by atoms with E-state index in [1.165, 1.54) is 11.1 Å². The molecule has 0 spiro atoms. The van der Waals surface area contributed by atoms with Gasteiger partial charge in [0.1, 0.15) is 12.2 Å². The summed E-state index contributed by atoms with van der Waals surface area (Å²) in [5.74, 6) is -0.675. The molecule has 0 radical (unpaired) electrons. The Morgan fingerprint density at radius 2 is 2.08 bits per heavy atom. The molecular weight excluding hydrogens is 365 g/mol. The number of ketones is 1. The second-order valence-electron chi connectivity index (χ2n) is 6.42. The summed E-state index contributed by atoms with van der Waals surface area (Å²) in [4.78, 5) is 43.0. The molecule has 2 aliphatic rings. The van der Waals surface area contributed by atoms with Crippen LogP contribution in [-0.2, 0) is 11.3 Å². The Morgan fingerprint density at radius 3 is 2.73 bits per heavy atom. The van der Waals surface area contributed by atoms with Crippen LogP contribution in [0.4, 0.5) is 4.39 Å². The molecule has 1 fully saturated rings. The summed E-state index contributed by atoms with van der Waals surface area (Å²) in [7, 11) is 0. The maximum absolute atomic E-state index is 13.1. The average Bonchev–Trinajstić information content (AvgIpc) is 2.92. The number of Topliss-reactive ketones (excluding diaryl/α,β-unsaturated/α-hetero) is 1. The summed E-state index contributed by atoms with van der Waals surface area (Å²) >= 11 is 5.80. The van der Waals surface area contributed by atoms with Crippen LogP contribution in [0.1, 0.15) is 35.2 Å². The first-order chi connectivity index (χ1) is 12.4. The van der Waals surface area contributed by atoms with Crippen molar-refractivity contribution in [3.63, 3.8) is 0 Å². The number of halogens is 2. The average molecular weight is 380 g/mol. The lowest BCUT2D eigenvalue weighted by molar-refractivity contribution is -0.142. The van der Waals surface area contributed by atoms with E-state index in [4.69, 9.17) is 11.6 Å². The lowest BCUT2D eigenvalue weighted by Gasteiger charge is -2.37. The van der Waals surface area contributed by atoms with E-state index in [1.54, 1.807) is 12.1 Å². The highest BCUT2D eigenvalue weighted by Gasteiger charge is 2.40. The van der Waals surface area contributed by atoms with Gasteiger partial charge in [0.15, 0.2) is 5.78 Å². The van der Waals surface area contributed by atoms with Gasteiger partial charge in [-0.25, -0.2) is 13.9 Å². The van der Waals surface area contributed by atoms with E-state index in [-0.39, 0.29) is 50.0 Å². The lowest BCUT2D eigenvalue weighted by Crippen LogP contribution is -2.55. The number of aromatic nitrogens is 4. The van der Waals surface area contributed by atoms with Gasteiger partial charge in [-0.1, -0.05) is 11.6 Å². The number of rotatable bonds is 3. The highest BCUT2D eigenvalue weighted by molar-refractivity contribution is 6.30. The van der Waals surface area contributed by atoms with Crippen molar-refractivity contribution in [1.29, 1.82) is 0 Å². The van der Waals surface area contributed by atoms with Gasteiger partial charge in [-0.3, -0.25) is 19.1 Å². The minimum Gasteiger partial charge on any atom is -0.335 e. The number of fused-ring (bicyclic) bond motifs is 1. The van der Waals surface area contributed by atoms with Gasteiger partial charge < -0.3 is 4.90 Å². The smallest absolute Gasteiger partial charge is 0.335 e. The van der Waals surface area contributed by atoms with Gasteiger partial charge in [-0.15, -0.1) is 5.10 Å². The van der Waals surface area contributed by atoms with Crippen LogP contribution in [0.2, 0.25) is 5.02 Å². The van der Waals surface area contributed by atoms with Gasteiger partial charge in [0.2, 0.25) is 11.7 Å². The Morgan fingerprint density at radius 1 is 1.31 bits per heavy atom. The van der Waals surface area contributed by atoms with Crippen molar-refractivity contribution in [3.05, 3.63) is 45.4 Å². The van der Waals surface area contributed by atoms with Crippen LogP contribution in [0.3, 0.4) is 0 Å². The fourth-order valence-electron chi connectivity index (χ4n) is 3.21. The Hall–Kier alpha value is -2.55. The molecule has 2 aromatic rings. The Labute approximate surface area is 152 Å². The number of carbonyl (C=O) groups is 2. The number of likely N-dealkylation sites (tertiary alicyclic amines) is 1. The molecule has 2 aromatic heterocycles. The third kappa shape index (κ3) is 2.82. The zero-order chi connectivity index (χ0) is 18.4. The predicted molar refractivity (Wildman–Crippen MR) is 88.9 cm³/mol. The highest BCUT2D eigenvalue weighted by atomic mass is 35.5. The molecule has 8 nitrogen and oxygen atoms in total. The van der Waals surface area contributed by atoms with Crippen molar-refractivity contribution >= 4 is 23.3 Å². The SMILES string of the molecule is O=C1CC[C@@H](C(=O)N2CC(F)C2)n2c1nn(Cc1ccc(Cl)cn1)c2=O. The number of hydrogen-bond acceptors (Lipinski definition) is 5. The normalized spacial score (nSPS) is 20.0. The van der Waals surface area contributed by atoms with Crippen LogP contribution in [0.15, 0.2) is 23.1 Å². The molecule has 1 amide bonds. The summed E-state index contributed by atoms with van der Waals surface area (Å²) < 4.78 is 15.3. The van der Waals surface area contributed by atoms with Crippen LogP contribution >= 0.6 is 11.6 Å². The fourth-order valence-corrected chi connectivity index (χ4v) is 3.32. The van der Waals surface area contributed by atoms with Crippen molar-refractivity contribution in [2.24, 2.45) is 0 Å². The first-order valence-electron chi connectivity index (χ1n) is 8.20. The first-order valence-corrected chi connectivity index (χ1v) is 8.57. The van der Waals surface area contributed by atoms with Crippen molar-refractivity contribution in [3.8, 4) is 0 Å². The van der Waals surface area contributed by atoms with E-state index in [0.717, 1.165) is 9.25 Å². The van der Waals surface area contributed by atoms with Crippen LogP contribution in [0.25, 0.3) is 0 Å². The van der Waals surface area contributed by atoms with Crippen molar-refractivity contribution in [1.82, 2.24) is 24.2 Å². The molecule has 0 aliphatic carbocycles. The van der Waals surface area contributed by atoms with E-state index in [0.29, 0.717) is 10.7 Å². The van der Waals surface area contributed by atoms with Gasteiger partial charge in [0, 0.05) is 12.6 Å². The summed E-state index contributed by atoms with van der Waals surface area (Å²) in [6.45, 7) is 0.104. The minimum absolute atomic E-state index is 0.0240.